The molecule has 2 aromatic rings. The van der Waals surface area contributed by atoms with Crippen molar-refractivity contribution in [3.63, 3.8) is 0 Å². The van der Waals surface area contributed by atoms with E-state index >= 15 is 0 Å². The first kappa shape index (κ1) is 14.3. The van der Waals surface area contributed by atoms with Crippen LogP contribution in [0.2, 0.25) is 0 Å². The van der Waals surface area contributed by atoms with E-state index in [0.29, 0.717) is 0 Å². The molecule has 1 aliphatic rings. The highest BCUT2D eigenvalue weighted by molar-refractivity contribution is 9.10. The van der Waals surface area contributed by atoms with Gasteiger partial charge in [-0.3, -0.25) is 4.79 Å². The molecule has 1 aliphatic heterocycles. The molecule has 1 N–H and O–H groups in total. The van der Waals surface area contributed by atoms with Crippen LogP contribution in [0.5, 0.6) is 0 Å². The van der Waals surface area contributed by atoms with E-state index in [0.717, 1.165) is 47.1 Å². The second kappa shape index (κ2) is 6.02. The number of pyridine rings is 1. The predicted molar refractivity (Wildman–Crippen MR) is 88.4 cm³/mol. The molecule has 21 heavy (non-hydrogen) atoms. The lowest BCUT2D eigenvalue weighted by molar-refractivity contribution is -0.124. The molecular weight excluding hydrogens is 330 g/mol. The van der Waals surface area contributed by atoms with Gasteiger partial charge in [-0.25, -0.2) is 4.98 Å². The van der Waals surface area contributed by atoms with Crippen molar-refractivity contribution in [3.05, 3.63) is 34.8 Å². The molecule has 0 spiro atoms. The van der Waals surface area contributed by atoms with Gasteiger partial charge in [0.25, 0.3) is 0 Å². The summed E-state index contributed by atoms with van der Waals surface area (Å²) in [7, 11) is 1.70. The normalized spacial score (nSPS) is 18.8. The van der Waals surface area contributed by atoms with E-state index in [9.17, 15) is 4.79 Å². The molecule has 5 heteroatoms. The van der Waals surface area contributed by atoms with Gasteiger partial charge in [0.2, 0.25) is 5.91 Å². The van der Waals surface area contributed by atoms with Crippen molar-refractivity contribution in [2.45, 2.75) is 12.8 Å². The van der Waals surface area contributed by atoms with E-state index in [4.69, 9.17) is 4.98 Å². The standard InChI is InChI=1S/C16H18BrN3O/c1-18-16(21)12-3-2-8-20(10-12)15-7-4-11-9-13(17)5-6-14(11)19-15/h4-7,9,12H,2-3,8,10H2,1H3,(H,18,21)/t12-/m1/s1. The molecule has 0 saturated carbocycles. The van der Waals surface area contributed by atoms with Gasteiger partial charge in [0.05, 0.1) is 11.4 Å². The number of carbonyl (C=O) groups excluding carboxylic acids is 1. The summed E-state index contributed by atoms with van der Waals surface area (Å²) in [4.78, 5) is 18.8. The number of anilines is 1. The van der Waals surface area contributed by atoms with Crippen molar-refractivity contribution in [1.82, 2.24) is 10.3 Å². The maximum absolute atomic E-state index is 11.8. The van der Waals surface area contributed by atoms with E-state index < -0.39 is 0 Å². The Morgan fingerprint density at radius 1 is 1.38 bits per heavy atom. The van der Waals surface area contributed by atoms with Gasteiger partial charge in [-0.05, 0) is 43.2 Å². The minimum Gasteiger partial charge on any atom is -0.359 e. The Morgan fingerprint density at radius 2 is 2.24 bits per heavy atom. The molecule has 1 aromatic carbocycles. The van der Waals surface area contributed by atoms with Gasteiger partial charge in [-0.15, -0.1) is 0 Å². The minimum atomic E-state index is 0.0613. The monoisotopic (exact) mass is 347 g/mol. The smallest absolute Gasteiger partial charge is 0.224 e. The first-order valence-corrected chi connectivity index (χ1v) is 7.99. The minimum absolute atomic E-state index is 0.0613. The summed E-state index contributed by atoms with van der Waals surface area (Å²) in [6, 6.07) is 10.2. The molecule has 1 atom stereocenters. The van der Waals surface area contributed by atoms with Crippen molar-refractivity contribution in [1.29, 1.82) is 0 Å². The quantitative estimate of drug-likeness (QED) is 0.908. The van der Waals surface area contributed by atoms with Crippen LogP contribution in [0.1, 0.15) is 12.8 Å². The van der Waals surface area contributed by atoms with E-state index in [1.54, 1.807) is 7.05 Å². The summed E-state index contributed by atoms with van der Waals surface area (Å²) in [6.07, 6.45) is 1.98. The topological polar surface area (TPSA) is 45.2 Å². The maximum Gasteiger partial charge on any atom is 0.224 e. The maximum atomic E-state index is 11.8. The van der Waals surface area contributed by atoms with Crippen LogP contribution in [-0.2, 0) is 4.79 Å². The van der Waals surface area contributed by atoms with Crippen LogP contribution < -0.4 is 10.2 Å². The summed E-state index contributed by atoms with van der Waals surface area (Å²) in [5, 5.41) is 3.87. The largest absolute Gasteiger partial charge is 0.359 e. The van der Waals surface area contributed by atoms with Crippen LogP contribution in [0.4, 0.5) is 5.82 Å². The van der Waals surface area contributed by atoms with Gasteiger partial charge in [0, 0.05) is 30.0 Å². The van der Waals surface area contributed by atoms with Gasteiger partial charge in [0.1, 0.15) is 5.82 Å². The second-order valence-corrected chi connectivity index (χ2v) is 6.32. The number of hydrogen-bond donors (Lipinski definition) is 1. The molecule has 3 rings (SSSR count). The summed E-state index contributed by atoms with van der Waals surface area (Å²) in [5.41, 5.74) is 0.984. The van der Waals surface area contributed by atoms with Gasteiger partial charge in [-0.1, -0.05) is 15.9 Å². The van der Waals surface area contributed by atoms with Crippen LogP contribution >= 0.6 is 15.9 Å². The van der Waals surface area contributed by atoms with Gasteiger partial charge in [0.15, 0.2) is 0 Å². The fourth-order valence-corrected chi connectivity index (χ4v) is 3.24. The van der Waals surface area contributed by atoms with Gasteiger partial charge < -0.3 is 10.2 Å². The number of halogens is 1. The summed E-state index contributed by atoms with van der Waals surface area (Å²) in [5.74, 6) is 1.15. The number of piperidine rings is 1. The number of rotatable bonds is 2. The van der Waals surface area contributed by atoms with Crippen LogP contribution in [0.15, 0.2) is 34.8 Å². The zero-order chi connectivity index (χ0) is 14.8. The summed E-state index contributed by atoms with van der Waals surface area (Å²) in [6.45, 7) is 1.71. The third kappa shape index (κ3) is 3.02. The average molecular weight is 348 g/mol. The van der Waals surface area contributed by atoms with E-state index in [-0.39, 0.29) is 11.8 Å². The Labute approximate surface area is 132 Å². The molecule has 0 radical (unpaired) electrons. The molecular formula is C16H18BrN3O. The molecule has 4 nitrogen and oxygen atoms in total. The summed E-state index contributed by atoms with van der Waals surface area (Å²) >= 11 is 3.48. The van der Waals surface area contributed by atoms with Crippen LogP contribution in [0.25, 0.3) is 10.9 Å². The number of fused-ring (bicyclic) bond motifs is 1. The van der Waals surface area contributed by atoms with Crippen LogP contribution in [0.3, 0.4) is 0 Å². The molecule has 110 valence electrons. The van der Waals surface area contributed by atoms with Crippen molar-refractivity contribution in [2.75, 3.05) is 25.0 Å². The van der Waals surface area contributed by atoms with E-state index in [1.807, 2.05) is 18.2 Å². The molecule has 0 bridgehead atoms. The SMILES string of the molecule is CNC(=O)[C@@H]1CCCN(c2ccc3cc(Br)ccc3n2)C1. The van der Waals surface area contributed by atoms with Crippen molar-refractivity contribution in [3.8, 4) is 0 Å². The number of nitrogens with zero attached hydrogens (tertiary/aromatic N) is 2. The lowest BCUT2D eigenvalue weighted by Crippen LogP contribution is -2.42. The molecule has 1 aromatic heterocycles. The molecule has 2 heterocycles. The van der Waals surface area contributed by atoms with E-state index in [1.165, 1.54) is 0 Å². The van der Waals surface area contributed by atoms with Crippen LogP contribution in [0, 0.1) is 5.92 Å². The lowest BCUT2D eigenvalue weighted by Gasteiger charge is -2.32. The Bertz CT molecular complexity index is 674. The number of nitrogens with one attached hydrogen (secondary N) is 1. The number of benzene rings is 1. The second-order valence-electron chi connectivity index (χ2n) is 5.41. The molecule has 1 amide bonds. The highest BCUT2D eigenvalue weighted by Crippen LogP contribution is 2.25. The molecule has 1 fully saturated rings. The van der Waals surface area contributed by atoms with E-state index in [2.05, 4.69) is 38.3 Å². The Balaban J connectivity index is 1.86. The number of hydrogen-bond acceptors (Lipinski definition) is 3. The Morgan fingerprint density at radius 3 is 3.05 bits per heavy atom. The number of amides is 1. The number of aromatic nitrogens is 1. The molecule has 0 aliphatic carbocycles. The van der Waals surface area contributed by atoms with Crippen molar-refractivity contribution in [2.24, 2.45) is 5.92 Å². The lowest BCUT2D eigenvalue weighted by atomic mass is 9.97. The van der Waals surface area contributed by atoms with Crippen LogP contribution in [-0.4, -0.2) is 31.0 Å². The van der Waals surface area contributed by atoms with Gasteiger partial charge in [-0.2, -0.15) is 0 Å². The fourth-order valence-electron chi connectivity index (χ4n) is 2.87. The third-order valence-electron chi connectivity index (χ3n) is 4.00. The fraction of sp³-hybridized carbons (Fsp3) is 0.375. The Hall–Kier alpha value is -1.62. The number of carbonyl (C=O) groups is 1. The van der Waals surface area contributed by atoms with Gasteiger partial charge >= 0.3 is 0 Å². The zero-order valence-corrected chi connectivity index (χ0v) is 13.6. The average Bonchev–Trinajstić information content (AvgIpc) is 2.53. The third-order valence-corrected chi connectivity index (χ3v) is 4.49. The molecule has 1 saturated heterocycles. The zero-order valence-electron chi connectivity index (χ0n) is 12.0. The first-order chi connectivity index (χ1) is 10.2. The Kier molecular flexibility index (Phi) is 4.10. The summed E-state index contributed by atoms with van der Waals surface area (Å²) < 4.78 is 1.06. The highest BCUT2D eigenvalue weighted by Gasteiger charge is 2.25. The molecule has 0 unspecified atom stereocenters. The van der Waals surface area contributed by atoms with Crippen molar-refractivity contribution >= 4 is 38.6 Å². The first-order valence-electron chi connectivity index (χ1n) is 7.20. The predicted octanol–water partition coefficient (Wildman–Crippen LogP) is 2.96. The van der Waals surface area contributed by atoms with Crippen molar-refractivity contribution < 1.29 is 4.79 Å². The highest BCUT2D eigenvalue weighted by atomic mass is 79.9.